The van der Waals surface area contributed by atoms with Crippen molar-refractivity contribution >= 4 is 17.3 Å². The topological polar surface area (TPSA) is 53.6 Å². The quantitative estimate of drug-likeness (QED) is 0.811. The molecule has 0 spiro atoms. The summed E-state index contributed by atoms with van der Waals surface area (Å²) in [5, 5.41) is 6.38. The standard InChI is InChI=1S/C17H27N3O2/c1-3-14(2)19-17(21)8-9-18-15-6-4-5-7-16(15)20-10-12-22-13-11-20/h4-7,14,18H,3,8-13H2,1-2H3,(H,19,21). The predicted molar refractivity (Wildman–Crippen MR) is 90.5 cm³/mol. The molecule has 0 aliphatic carbocycles. The van der Waals surface area contributed by atoms with Crippen molar-refractivity contribution in [2.75, 3.05) is 43.1 Å². The number of carbonyl (C=O) groups is 1. The van der Waals surface area contributed by atoms with Crippen LogP contribution in [0.15, 0.2) is 24.3 Å². The van der Waals surface area contributed by atoms with Gasteiger partial charge in [-0.25, -0.2) is 0 Å². The van der Waals surface area contributed by atoms with Crippen LogP contribution in [0, 0.1) is 0 Å². The summed E-state index contributed by atoms with van der Waals surface area (Å²) in [5.74, 6) is 0.103. The molecule has 0 radical (unpaired) electrons. The largest absolute Gasteiger partial charge is 0.383 e. The van der Waals surface area contributed by atoms with Crippen molar-refractivity contribution < 1.29 is 9.53 Å². The minimum absolute atomic E-state index is 0.103. The highest BCUT2D eigenvalue weighted by atomic mass is 16.5. The van der Waals surface area contributed by atoms with Crippen LogP contribution < -0.4 is 15.5 Å². The number of hydrogen-bond acceptors (Lipinski definition) is 4. The maximum Gasteiger partial charge on any atom is 0.221 e. The van der Waals surface area contributed by atoms with E-state index in [4.69, 9.17) is 4.74 Å². The molecule has 0 saturated carbocycles. The molecule has 1 amide bonds. The van der Waals surface area contributed by atoms with E-state index in [0.29, 0.717) is 13.0 Å². The zero-order chi connectivity index (χ0) is 15.8. The molecule has 1 heterocycles. The molecule has 1 aliphatic rings. The van der Waals surface area contributed by atoms with E-state index in [9.17, 15) is 4.79 Å². The Hall–Kier alpha value is -1.75. The van der Waals surface area contributed by atoms with Gasteiger partial charge in [0.05, 0.1) is 24.6 Å². The lowest BCUT2D eigenvalue weighted by Crippen LogP contribution is -2.36. The Morgan fingerprint density at radius 1 is 1.32 bits per heavy atom. The SMILES string of the molecule is CCC(C)NC(=O)CCNc1ccccc1N1CCOCC1. The van der Waals surface area contributed by atoms with E-state index in [0.717, 1.165) is 38.4 Å². The lowest BCUT2D eigenvalue weighted by atomic mass is 10.2. The molecule has 0 bridgehead atoms. The first-order valence-corrected chi connectivity index (χ1v) is 8.15. The highest BCUT2D eigenvalue weighted by Crippen LogP contribution is 2.26. The molecule has 122 valence electrons. The van der Waals surface area contributed by atoms with Crippen LogP contribution in [0.5, 0.6) is 0 Å². The summed E-state index contributed by atoms with van der Waals surface area (Å²) in [6, 6.07) is 8.50. The fourth-order valence-electron chi connectivity index (χ4n) is 2.46. The van der Waals surface area contributed by atoms with Gasteiger partial charge in [-0.15, -0.1) is 0 Å². The summed E-state index contributed by atoms with van der Waals surface area (Å²) in [5.41, 5.74) is 2.27. The average Bonchev–Trinajstić information content (AvgIpc) is 2.56. The van der Waals surface area contributed by atoms with Gasteiger partial charge in [0, 0.05) is 32.1 Å². The van der Waals surface area contributed by atoms with E-state index in [1.165, 1.54) is 5.69 Å². The fraction of sp³-hybridized carbons (Fsp3) is 0.588. The first kappa shape index (κ1) is 16.6. The number of carbonyl (C=O) groups excluding carboxylic acids is 1. The van der Waals surface area contributed by atoms with Crippen molar-refractivity contribution in [3.63, 3.8) is 0 Å². The number of rotatable bonds is 7. The Labute approximate surface area is 133 Å². The lowest BCUT2D eigenvalue weighted by Gasteiger charge is -2.30. The highest BCUT2D eigenvalue weighted by molar-refractivity contribution is 5.77. The summed E-state index contributed by atoms with van der Waals surface area (Å²) in [4.78, 5) is 14.1. The van der Waals surface area contributed by atoms with Crippen LogP contribution in [0.4, 0.5) is 11.4 Å². The normalized spacial score (nSPS) is 16.2. The molecule has 22 heavy (non-hydrogen) atoms. The van der Waals surface area contributed by atoms with Crippen LogP contribution in [0.25, 0.3) is 0 Å². The van der Waals surface area contributed by atoms with Crippen molar-refractivity contribution in [1.29, 1.82) is 0 Å². The minimum atomic E-state index is 0.103. The Bertz CT molecular complexity index is 473. The molecule has 1 fully saturated rings. The second-order valence-corrected chi connectivity index (χ2v) is 5.67. The first-order valence-electron chi connectivity index (χ1n) is 8.15. The molecule has 5 nitrogen and oxygen atoms in total. The molecular weight excluding hydrogens is 278 g/mol. The number of ether oxygens (including phenoxy) is 1. The second-order valence-electron chi connectivity index (χ2n) is 5.67. The van der Waals surface area contributed by atoms with E-state index < -0.39 is 0 Å². The molecule has 0 aromatic heterocycles. The van der Waals surface area contributed by atoms with Gasteiger partial charge >= 0.3 is 0 Å². The summed E-state index contributed by atoms with van der Waals surface area (Å²) < 4.78 is 5.41. The van der Waals surface area contributed by atoms with Gasteiger partial charge < -0.3 is 20.3 Å². The van der Waals surface area contributed by atoms with Crippen molar-refractivity contribution in [1.82, 2.24) is 5.32 Å². The number of benzene rings is 1. The van der Waals surface area contributed by atoms with Gasteiger partial charge in [0.25, 0.3) is 0 Å². The Morgan fingerprint density at radius 3 is 2.77 bits per heavy atom. The number of nitrogens with zero attached hydrogens (tertiary/aromatic N) is 1. The smallest absolute Gasteiger partial charge is 0.221 e. The van der Waals surface area contributed by atoms with Crippen molar-refractivity contribution in [3.8, 4) is 0 Å². The van der Waals surface area contributed by atoms with Gasteiger partial charge in [0.1, 0.15) is 0 Å². The summed E-state index contributed by atoms with van der Waals surface area (Å²) in [6.45, 7) is 8.10. The zero-order valence-corrected chi connectivity index (χ0v) is 13.6. The van der Waals surface area contributed by atoms with Crippen LogP contribution in [-0.2, 0) is 9.53 Å². The molecule has 2 rings (SSSR count). The van der Waals surface area contributed by atoms with Gasteiger partial charge in [-0.2, -0.15) is 0 Å². The number of hydrogen-bond donors (Lipinski definition) is 2. The molecule has 1 aromatic rings. The summed E-state index contributed by atoms with van der Waals surface area (Å²) >= 11 is 0. The van der Waals surface area contributed by atoms with E-state index in [1.54, 1.807) is 0 Å². The Kier molecular flexibility index (Phi) is 6.52. The number of para-hydroxylation sites is 2. The van der Waals surface area contributed by atoms with Crippen LogP contribution in [0.1, 0.15) is 26.7 Å². The predicted octanol–water partition coefficient (Wildman–Crippen LogP) is 2.24. The van der Waals surface area contributed by atoms with E-state index in [-0.39, 0.29) is 11.9 Å². The minimum Gasteiger partial charge on any atom is -0.383 e. The fourth-order valence-corrected chi connectivity index (χ4v) is 2.46. The summed E-state index contributed by atoms with van der Waals surface area (Å²) in [6.07, 6.45) is 1.45. The third-order valence-corrected chi connectivity index (χ3v) is 3.94. The summed E-state index contributed by atoms with van der Waals surface area (Å²) in [7, 11) is 0. The highest BCUT2D eigenvalue weighted by Gasteiger charge is 2.14. The Morgan fingerprint density at radius 2 is 2.05 bits per heavy atom. The molecular formula is C17H27N3O2. The van der Waals surface area contributed by atoms with Gasteiger partial charge in [0.2, 0.25) is 5.91 Å². The number of amides is 1. The van der Waals surface area contributed by atoms with Crippen molar-refractivity contribution in [2.24, 2.45) is 0 Å². The maximum atomic E-state index is 11.8. The van der Waals surface area contributed by atoms with Gasteiger partial charge in [-0.1, -0.05) is 19.1 Å². The van der Waals surface area contributed by atoms with E-state index >= 15 is 0 Å². The van der Waals surface area contributed by atoms with E-state index in [1.807, 2.05) is 19.1 Å². The molecule has 5 heteroatoms. The molecule has 1 aliphatic heterocycles. The van der Waals surface area contributed by atoms with Crippen molar-refractivity contribution in [2.45, 2.75) is 32.7 Å². The third kappa shape index (κ3) is 4.91. The third-order valence-electron chi connectivity index (χ3n) is 3.94. The van der Waals surface area contributed by atoms with Crippen molar-refractivity contribution in [3.05, 3.63) is 24.3 Å². The second kappa shape index (κ2) is 8.63. The molecule has 1 aromatic carbocycles. The first-order chi connectivity index (χ1) is 10.7. The number of morpholine rings is 1. The van der Waals surface area contributed by atoms with Crippen LogP contribution in [0.3, 0.4) is 0 Å². The number of anilines is 2. The van der Waals surface area contributed by atoms with E-state index in [2.05, 4.69) is 34.6 Å². The van der Waals surface area contributed by atoms with Crippen LogP contribution >= 0.6 is 0 Å². The number of nitrogens with one attached hydrogen (secondary N) is 2. The molecule has 1 saturated heterocycles. The zero-order valence-electron chi connectivity index (χ0n) is 13.6. The van der Waals surface area contributed by atoms with Gasteiger partial charge in [-0.3, -0.25) is 4.79 Å². The van der Waals surface area contributed by atoms with Gasteiger partial charge in [0.15, 0.2) is 0 Å². The molecule has 1 atom stereocenters. The lowest BCUT2D eigenvalue weighted by molar-refractivity contribution is -0.121. The molecule has 2 N–H and O–H groups in total. The Balaban J connectivity index is 1.86. The monoisotopic (exact) mass is 305 g/mol. The van der Waals surface area contributed by atoms with Crippen LogP contribution in [0.2, 0.25) is 0 Å². The van der Waals surface area contributed by atoms with Crippen LogP contribution in [-0.4, -0.2) is 44.8 Å². The van der Waals surface area contributed by atoms with Gasteiger partial charge in [-0.05, 0) is 25.5 Å². The molecule has 1 unspecified atom stereocenters. The maximum absolute atomic E-state index is 11.8. The average molecular weight is 305 g/mol.